The maximum Gasteiger partial charge on any atom is 0.285 e. The Hall–Kier alpha value is -3.13. The monoisotopic (exact) mass is 397 g/mol. The average Bonchev–Trinajstić information content (AvgIpc) is 3.21. The fourth-order valence-corrected chi connectivity index (χ4v) is 4.48. The van der Waals surface area contributed by atoms with Crippen LogP contribution in [0, 0.1) is 0 Å². The third-order valence-electron chi connectivity index (χ3n) is 4.60. The first-order valence-electron chi connectivity index (χ1n) is 8.78. The van der Waals surface area contributed by atoms with Crippen LogP contribution in [0.3, 0.4) is 0 Å². The molecule has 1 aliphatic heterocycles. The number of hydrogen-bond donors (Lipinski definition) is 1. The molecule has 2 heterocycles. The number of hydrogen-bond acceptors (Lipinski definition) is 5. The molecule has 0 saturated heterocycles. The van der Waals surface area contributed by atoms with E-state index < -0.39 is 10.0 Å². The number of benzene rings is 2. The van der Waals surface area contributed by atoms with E-state index in [1.54, 1.807) is 25.2 Å². The van der Waals surface area contributed by atoms with Crippen LogP contribution in [0.4, 0.5) is 0 Å². The van der Waals surface area contributed by atoms with Gasteiger partial charge in [0.2, 0.25) is 5.91 Å². The molecular formula is C20H19N3O4S. The molecule has 1 amide bonds. The first-order valence-corrected chi connectivity index (χ1v) is 10.2. The van der Waals surface area contributed by atoms with Gasteiger partial charge in [0, 0.05) is 18.0 Å². The van der Waals surface area contributed by atoms with E-state index in [1.165, 1.54) is 11.0 Å². The van der Waals surface area contributed by atoms with Crippen LogP contribution < -0.4 is 5.32 Å². The fraction of sp³-hybridized carbons (Fsp3) is 0.200. The lowest BCUT2D eigenvalue weighted by Gasteiger charge is -2.20. The third-order valence-corrected chi connectivity index (χ3v) is 5.93. The summed E-state index contributed by atoms with van der Waals surface area (Å²) in [4.78, 5) is 14.2. The van der Waals surface area contributed by atoms with Crippen molar-refractivity contribution in [3.63, 3.8) is 0 Å². The topological polar surface area (TPSA) is 92.0 Å². The van der Waals surface area contributed by atoms with Gasteiger partial charge in [0.05, 0.1) is 12.6 Å². The van der Waals surface area contributed by atoms with Crippen molar-refractivity contribution < 1.29 is 17.6 Å². The average molecular weight is 397 g/mol. The summed E-state index contributed by atoms with van der Waals surface area (Å²) >= 11 is 0. The molecule has 0 bridgehead atoms. The number of carbonyl (C=O) groups is 1. The van der Waals surface area contributed by atoms with Crippen LogP contribution in [0.5, 0.6) is 0 Å². The molecule has 0 fully saturated rings. The summed E-state index contributed by atoms with van der Waals surface area (Å²) in [6, 6.07) is 15.8. The highest BCUT2D eigenvalue weighted by Crippen LogP contribution is 2.27. The number of sulfonamides is 1. The van der Waals surface area contributed by atoms with Crippen LogP contribution >= 0.6 is 0 Å². The highest BCUT2D eigenvalue weighted by Gasteiger charge is 2.31. The number of likely N-dealkylation sites (N-methyl/N-ethyl adjacent to an activating group) is 1. The number of amides is 1. The maximum absolute atomic E-state index is 12.5. The summed E-state index contributed by atoms with van der Waals surface area (Å²) in [5.41, 5.74) is 1.26. The molecule has 1 aromatic heterocycles. The summed E-state index contributed by atoms with van der Waals surface area (Å²) < 4.78 is 34.0. The molecule has 4 rings (SSSR count). The standard InChI is InChI=1S/C20H19N3O4S/c1-13(17-11-14-7-3-5-9-16(14)27-17)21-19(24)12-23(2)20-15-8-4-6-10-18(15)28(25,26)22-20/h3-11,13H,12H2,1-2H3,(H,21,24). The number of rotatable bonds is 4. The second-order valence-electron chi connectivity index (χ2n) is 6.72. The molecule has 7 nitrogen and oxygen atoms in total. The van der Waals surface area contributed by atoms with E-state index in [0.29, 0.717) is 11.3 Å². The van der Waals surface area contributed by atoms with Crippen LogP contribution in [0.25, 0.3) is 11.0 Å². The van der Waals surface area contributed by atoms with Gasteiger partial charge in [0.25, 0.3) is 10.0 Å². The van der Waals surface area contributed by atoms with Crippen LogP contribution in [-0.4, -0.2) is 38.7 Å². The Labute approximate surface area is 162 Å². The van der Waals surface area contributed by atoms with E-state index in [0.717, 1.165) is 11.0 Å². The lowest BCUT2D eigenvalue weighted by molar-refractivity contribution is -0.122. The smallest absolute Gasteiger partial charge is 0.285 e. The zero-order valence-corrected chi connectivity index (χ0v) is 16.2. The Morgan fingerprint density at radius 3 is 2.68 bits per heavy atom. The number of nitrogens with zero attached hydrogens (tertiary/aromatic N) is 2. The van der Waals surface area contributed by atoms with Crippen molar-refractivity contribution in [3.8, 4) is 0 Å². The molecular weight excluding hydrogens is 378 g/mol. The Morgan fingerprint density at radius 2 is 1.89 bits per heavy atom. The highest BCUT2D eigenvalue weighted by molar-refractivity contribution is 7.90. The van der Waals surface area contributed by atoms with Gasteiger partial charge in [0.15, 0.2) is 5.84 Å². The fourth-order valence-electron chi connectivity index (χ4n) is 3.23. The van der Waals surface area contributed by atoms with Crippen LogP contribution in [0.1, 0.15) is 24.3 Å². The van der Waals surface area contributed by atoms with E-state index in [1.807, 2.05) is 37.3 Å². The molecule has 1 aliphatic rings. The van der Waals surface area contributed by atoms with Crippen molar-refractivity contribution in [1.82, 2.24) is 10.2 Å². The van der Waals surface area contributed by atoms with E-state index in [9.17, 15) is 13.2 Å². The largest absolute Gasteiger partial charge is 0.459 e. The van der Waals surface area contributed by atoms with E-state index >= 15 is 0 Å². The normalized spacial score (nSPS) is 15.7. The molecule has 0 radical (unpaired) electrons. The Balaban J connectivity index is 1.46. The minimum absolute atomic E-state index is 0.0345. The first-order chi connectivity index (χ1) is 13.3. The van der Waals surface area contributed by atoms with E-state index in [2.05, 4.69) is 9.71 Å². The maximum atomic E-state index is 12.5. The molecule has 0 aliphatic carbocycles. The Bertz CT molecular complexity index is 1160. The summed E-state index contributed by atoms with van der Waals surface area (Å²) in [6.07, 6.45) is 0. The van der Waals surface area contributed by atoms with Gasteiger partial charge in [0.1, 0.15) is 16.2 Å². The first kappa shape index (κ1) is 18.2. The molecule has 1 atom stereocenters. The van der Waals surface area contributed by atoms with E-state index in [4.69, 9.17) is 4.42 Å². The van der Waals surface area contributed by atoms with Gasteiger partial charge in [-0.25, -0.2) is 0 Å². The molecule has 8 heteroatoms. The van der Waals surface area contributed by atoms with Crippen molar-refractivity contribution in [2.24, 2.45) is 4.40 Å². The highest BCUT2D eigenvalue weighted by atomic mass is 32.2. The molecule has 3 aromatic rings. The van der Waals surface area contributed by atoms with Crippen LogP contribution in [0.15, 0.2) is 68.3 Å². The zero-order chi connectivity index (χ0) is 19.9. The van der Waals surface area contributed by atoms with Crippen molar-refractivity contribution in [1.29, 1.82) is 0 Å². The Morgan fingerprint density at radius 1 is 1.18 bits per heavy atom. The number of carbonyl (C=O) groups excluding carboxylic acids is 1. The summed E-state index contributed by atoms with van der Waals surface area (Å²) in [6.45, 7) is 1.80. The van der Waals surface area contributed by atoms with Crippen molar-refractivity contribution in [2.45, 2.75) is 17.9 Å². The van der Waals surface area contributed by atoms with Crippen molar-refractivity contribution in [3.05, 3.63) is 65.9 Å². The van der Waals surface area contributed by atoms with Crippen molar-refractivity contribution in [2.75, 3.05) is 13.6 Å². The number of para-hydroxylation sites is 1. The molecule has 1 N–H and O–H groups in total. The van der Waals surface area contributed by atoms with Gasteiger partial charge in [-0.15, -0.1) is 4.40 Å². The lowest BCUT2D eigenvalue weighted by atomic mass is 10.2. The van der Waals surface area contributed by atoms with Crippen LogP contribution in [0.2, 0.25) is 0 Å². The number of amidine groups is 1. The van der Waals surface area contributed by atoms with Gasteiger partial charge in [-0.1, -0.05) is 30.3 Å². The molecule has 144 valence electrons. The van der Waals surface area contributed by atoms with Gasteiger partial charge in [-0.05, 0) is 31.2 Å². The number of furan rings is 1. The second kappa shape index (κ2) is 6.79. The Kier molecular flexibility index (Phi) is 4.43. The van der Waals surface area contributed by atoms with Gasteiger partial charge < -0.3 is 14.6 Å². The van der Waals surface area contributed by atoms with Gasteiger partial charge >= 0.3 is 0 Å². The number of fused-ring (bicyclic) bond motifs is 2. The van der Waals surface area contributed by atoms with Gasteiger partial charge in [-0.3, -0.25) is 4.79 Å². The quantitative estimate of drug-likeness (QED) is 0.731. The predicted molar refractivity (Wildman–Crippen MR) is 106 cm³/mol. The third kappa shape index (κ3) is 3.27. The SMILES string of the molecule is CC(NC(=O)CN(C)C1=NS(=O)(=O)c2ccccc21)c1cc2ccccc2o1. The molecule has 2 aromatic carbocycles. The summed E-state index contributed by atoms with van der Waals surface area (Å²) in [7, 11) is -2.08. The van der Waals surface area contributed by atoms with Crippen LogP contribution in [-0.2, 0) is 14.8 Å². The summed E-state index contributed by atoms with van der Waals surface area (Å²) in [5, 5.41) is 3.85. The minimum Gasteiger partial charge on any atom is -0.459 e. The molecule has 0 spiro atoms. The zero-order valence-electron chi connectivity index (χ0n) is 15.4. The van der Waals surface area contributed by atoms with Crippen molar-refractivity contribution >= 4 is 32.7 Å². The predicted octanol–water partition coefficient (Wildman–Crippen LogP) is 2.69. The lowest BCUT2D eigenvalue weighted by Crippen LogP contribution is -2.39. The second-order valence-corrected chi connectivity index (χ2v) is 8.29. The summed E-state index contributed by atoms with van der Waals surface area (Å²) in [5.74, 6) is 0.658. The minimum atomic E-state index is -3.72. The van der Waals surface area contributed by atoms with Gasteiger partial charge in [-0.2, -0.15) is 8.42 Å². The molecule has 0 saturated carbocycles. The van der Waals surface area contributed by atoms with E-state index in [-0.39, 0.29) is 29.2 Å². The number of nitrogens with one attached hydrogen (secondary N) is 1. The molecule has 1 unspecified atom stereocenters. The molecule has 28 heavy (non-hydrogen) atoms.